The van der Waals surface area contributed by atoms with Crippen LogP contribution in [0.2, 0.25) is 5.02 Å². The zero-order chi connectivity index (χ0) is 20.3. The summed E-state index contributed by atoms with van der Waals surface area (Å²) >= 11 is 5.91. The Labute approximate surface area is 168 Å². The molecular weight excluding hydrogens is 378 g/mol. The molecule has 146 valence electrons. The number of rotatable bonds is 6. The van der Waals surface area contributed by atoms with E-state index in [0.29, 0.717) is 16.5 Å². The molecule has 0 saturated heterocycles. The van der Waals surface area contributed by atoms with Gasteiger partial charge in [0.15, 0.2) is 11.4 Å². The van der Waals surface area contributed by atoms with Crippen molar-refractivity contribution in [1.29, 1.82) is 0 Å². The average Bonchev–Trinajstić information content (AvgIpc) is 3.07. The monoisotopic (exact) mass is 399 g/mol. The maximum Gasteiger partial charge on any atom is 0.275 e. The van der Waals surface area contributed by atoms with Crippen LogP contribution < -0.4 is 5.32 Å². The average molecular weight is 400 g/mol. The molecule has 7 heteroatoms. The molecule has 28 heavy (non-hydrogen) atoms. The van der Waals surface area contributed by atoms with Gasteiger partial charge < -0.3 is 15.5 Å². The summed E-state index contributed by atoms with van der Waals surface area (Å²) in [5, 5.41) is 27.6. The molecule has 3 aromatic rings. The van der Waals surface area contributed by atoms with E-state index in [2.05, 4.69) is 24.3 Å². The summed E-state index contributed by atoms with van der Waals surface area (Å²) in [6, 6.07) is 14.5. The van der Waals surface area contributed by atoms with Crippen LogP contribution in [0.1, 0.15) is 47.5 Å². The first kappa shape index (κ1) is 19.9. The fourth-order valence-electron chi connectivity index (χ4n) is 2.78. The SMILES string of the molecule is CC(C)c1ccc(-n2cc(O)c(C(=O)NCC(O)c3cccc(Cl)c3)n2)cc1. The van der Waals surface area contributed by atoms with Gasteiger partial charge in [0.1, 0.15) is 0 Å². The van der Waals surface area contributed by atoms with Crippen LogP contribution in [0.25, 0.3) is 5.69 Å². The number of carbonyl (C=O) groups excluding carboxylic acids is 1. The maximum absolute atomic E-state index is 12.4. The van der Waals surface area contributed by atoms with Crippen molar-refractivity contribution < 1.29 is 15.0 Å². The van der Waals surface area contributed by atoms with Crippen LogP contribution >= 0.6 is 11.6 Å². The first-order valence-electron chi connectivity index (χ1n) is 8.96. The number of carbonyl (C=O) groups is 1. The summed E-state index contributed by atoms with van der Waals surface area (Å²) in [5.41, 5.74) is 2.41. The number of aromatic hydroxyl groups is 1. The van der Waals surface area contributed by atoms with Crippen molar-refractivity contribution in [3.05, 3.63) is 76.6 Å². The molecule has 0 saturated carbocycles. The van der Waals surface area contributed by atoms with Crippen molar-refractivity contribution >= 4 is 17.5 Å². The molecule has 1 aromatic heterocycles. The molecule has 0 aliphatic carbocycles. The van der Waals surface area contributed by atoms with Gasteiger partial charge in [-0.15, -0.1) is 0 Å². The Balaban J connectivity index is 1.69. The molecule has 0 fully saturated rings. The van der Waals surface area contributed by atoms with Gasteiger partial charge in [-0.05, 0) is 41.3 Å². The van der Waals surface area contributed by atoms with E-state index < -0.39 is 12.0 Å². The number of aromatic nitrogens is 2. The molecule has 0 spiro atoms. The van der Waals surface area contributed by atoms with Crippen LogP contribution in [0.15, 0.2) is 54.7 Å². The second kappa shape index (κ2) is 8.46. The van der Waals surface area contributed by atoms with Gasteiger partial charge >= 0.3 is 0 Å². The molecule has 1 atom stereocenters. The number of hydrogen-bond donors (Lipinski definition) is 3. The lowest BCUT2D eigenvalue weighted by molar-refractivity contribution is 0.0908. The summed E-state index contributed by atoms with van der Waals surface area (Å²) in [5.74, 6) is -0.397. The first-order valence-corrected chi connectivity index (χ1v) is 9.33. The van der Waals surface area contributed by atoms with Crippen LogP contribution in [0, 0.1) is 0 Å². The van der Waals surface area contributed by atoms with E-state index in [1.54, 1.807) is 24.3 Å². The molecule has 1 heterocycles. The minimum absolute atomic E-state index is 0.0332. The molecule has 0 aliphatic heterocycles. The van der Waals surface area contributed by atoms with Crippen molar-refractivity contribution in [1.82, 2.24) is 15.1 Å². The summed E-state index contributed by atoms with van der Waals surface area (Å²) in [6.45, 7) is 4.18. The number of nitrogens with one attached hydrogen (secondary N) is 1. The van der Waals surface area contributed by atoms with E-state index in [4.69, 9.17) is 11.6 Å². The van der Waals surface area contributed by atoms with Crippen molar-refractivity contribution in [3.8, 4) is 11.4 Å². The lowest BCUT2D eigenvalue weighted by Crippen LogP contribution is -2.28. The van der Waals surface area contributed by atoms with Gasteiger partial charge in [0.25, 0.3) is 5.91 Å². The van der Waals surface area contributed by atoms with Gasteiger partial charge in [-0.25, -0.2) is 4.68 Å². The van der Waals surface area contributed by atoms with E-state index in [9.17, 15) is 15.0 Å². The molecule has 2 aromatic carbocycles. The molecule has 3 N–H and O–H groups in total. The summed E-state index contributed by atoms with van der Waals surface area (Å²) in [7, 11) is 0. The van der Waals surface area contributed by atoms with Crippen LogP contribution in [-0.4, -0.2) is 32.4 Å². The van der Waals surface area contributed by atoms with E-state index in [1.165, 1.54) is 16.4 Å². The van der Waals surface area contributed by atoms with Crippen LogP contribution in [0.5, 0.6) is 5.75 Å². The number of aliphatic hydroxyl groups is 1. The Hall–Kier alpha value is -2.83. The molecular formula is C21H22ClN3O3. The molecule has 6 nitrogen and oxygen atoms in total. The van der Waals surface area contributed by atoms with E-state index in [-0.39, 0.29) is 18.0 Å². The van der Waals surface area contributed by atoms with Gasteiger partial charge in [-0.3, -0.25) is 4.79 Å². The second-order valence-electron chi connectivity index (χ2n) is 6.83. The number of halogens is 1. The Kier molecular flexibility index (Phi) is 6.02. The molecule has 0 radical (unpaired) electrons. The largest absolute Gasteiger partial charge is 0.504 e. The fourth-order valence-corrected chi connectivity index (χ4v) is 2.97. The summed E-state index contributed by atoms with van der Waals surface area (Å²) in [6.07, 6.45) is 0.461. The van der Waals surface area contributed by atoms with Crippen LogP contribution in [-0.2, 0) is 0 Å². The van der Waals surface area contributed by atoms with Gasteiger partial charge in [0.2, 0.25) is 0 Å². The van der Waals surface area contributed by atoms with Crippen molar-refractivity contribution in [2.24, 2.45) is 0 Å². The highest BCUT2D eigenvalue weighted by Gasteiger charge is 2.18. The highest BCUT2D eigenvalue weighted by atomic mass is 35.5. The molecule has 0 bridgehead atoms. The van der Waals surface area contributed by atoms with E-state index in [0.717, 1.165) is 5.69 Å². The fraction of sp³-hybridized carbons (Fsp3) is 0.238. The Bertz CT molecular complexity index is 967. The Morgan fingerprint density at radius 3 is 2.54 bits per heavy atom. The van der Waals surface area contributed by atoms with E-state index >= 15 is 0 Å². The lowest BCUT2D eigenvalue weighted by Gasteiger charge is -2.12. The Morgan fingerprint density at radius 2 is 1.89 bits per heavy atom. The number of hydrogen-bond acceptors (Lipinski definition) is 4. The standard InChI is InChI=1S/C21H22ClN3O3/c1-13(2)14-6-8-17(9-7-14)25-12-19(27)20(24-25)21(28)23-11-18(26)15-4-3-5-16(22)10-15/h3-10,12-13,18,26-27H,11H2,1-2H3,(H,23,28). The molecule has 0 aliphatic rings. The number of amides is 1. The van der Waals surface area contributed by atoms with Gasteiger partial charge in [0, 0.05) is 11.6 Å². The summed E-state index contributed by atoms with van der Waals surface area (Å²) < 4.78 is 1.45. The minimum atomic E-state index is -0.921. The highest BCUT2D eigenvalue weighted by Crippen LogP contribution is 2.21. The smallest absolute Gasteiger partial charge is 0.275 e. The maximum atomic E-state index is 12.4. The third kappa shape index (κ3) is 4.52. The lowest BCUT2D eigenvalue weighted by atomic mass is 10.0. The van der Waals surface area contributed by atoms with Crippen LogP contribution in [0.4, 0.5) is 0 Å². The van der Waals surface area contributed by atoms with Gasteiger partial charge in [-0.1, -0.05) is 49.7 Å². The quantitative estimate of drug-likeness (QED) is 0.588. The Morgan fingerprint density at radius 1 is 1.18 bits per heavy atom. The zero-order valence-electron chi connectivity index (χ0n) is 15.6. The number of benzene rings is 2. The first-order chi connectivity index (χ1) is 13.3. The van der Waals surface area contributed by atoms with Crippen molar-refractivity contribution in [3.63, 3.8) is 0 Å². The topological polar surface area (TPSA) is 87.4 Å². The van der Waals surface area contributed by atoms with E-state index in [1.807, 2.05) is 24.3 Å². The number of aliphatic hydroxyl groups excluding tert-OH is 1. The van der Waals surface area contributed by atoms with Gasteiger partial charge in [0.05, 0.1) is 18.0 Å². The van der Waals surface area contributed by atoms with Gasteiger partial charge in [-0.2, -0.15) is 5.10 Å². The second-order valence-corrected chi connectivity index (χ2v) is 7.27. The molecule has 1 amide bonds. The minimum Gasteiger partial charge on any atom is -0.504 e. The molecule has 3 rings (SSSR count). The van der Waals surface area contributed by atoms with Crippen LogP contribution in [0.3, 0.4) is 0 Å². The third-order valence-corrected chi connectivity index (χ3v) is 4.66. The predicted molar refractivity (Wildman–Crippen MR) is 108 cm³/mol. The molecule has 1 unspecified atom stereocenters. The highest BCUT2D eigenvalue weighted by molar-refractivity contribution is 6.30. The number of nitrogens with zero attached hydrogens (tertiary/aromatic N) is 2. The summed E-state index contributed by atoms with van der Waals surface area (Å²) in [4.78, 5) is 12.4. The third-order valence-electron chi connectivity index (χ3n) is 4.42. The normalized spacial score (nSPS) is 12.2. The zero-order valence-corrected chi connectivity index (χ0v) is 16.4. The van der Waals surface area contributed by atoms with Crippen molar-refractivity contribution in [2.75, 3.05) is 6.54 Å². The van der Waals surface area contributed by atoms with Crippen molar-refractivity contribution in [2.45, 2.75) is 25.9 Å². The predicted octanol–water partition coefficient (Wildman–Crippen LogP) is 3.82.